The van der Waals surface area contributed by atoms with E-state index in [9.17, 15) is 0 Å². The Morgan fingerprint density at radius 1 is 1.29 bits per heavy atom. The van der Waals surface area contributed by atoms with Gasteiger partial charge in [0.1, 0.15) is 0 Å². The predicted octanol–water partition coefficient (Wildman–Crippen LogP) is 4.38. The normalized spacial score (nSPS) is 29.9. The monoisotopic (exact) mass is 291 g/mol. The maximum atomic E-state index is 3.60. The summed E-state index contributed by atoms with van der Waals surface area (Å²) in [5.74, 6) is 2.53. The first kappa shape index (κ1) is 11.3. The Morgan fingerprint density at radius 3 is 2.88 bits per heavy atom. The summed E-state index contributed by atoms with van der Waals surface area (Å²) in [7, 11) is 0. The molecule has 1 N–H and O–H groups in total. The van der Waals surface area contributed by atoms with Crippen molar-refractivity contribution in [1.82, 2.24) is 0 Å². The van der Waals surface area contributed by atoms with Crippen LogP contribution in [0.3, 0.4) is 0 Å². The Hall–Kier alpha value is -0.760. The number of fused-ring (bicyclic) bond motifs is 2. The van der Waals surface area contributed by atoms with E-state index in [-0.39, 0.29) is 0 Å². The number of hydrogen-bond donors (Lipinski definition) is 1. The van der Waals surface area contributed by atoms with E-state index in [0.717, 1.165) is 24.3 Å². The van der Waals surface area contributed by atoms with Crippen LogP contribution in [0.25, 0.3) is 0 Å². The Labute approximate surface area is 111 Å². The van der Waals surface area contributed by atoms with Crippen molar-refractivity contribution in [3.63, 3.8) is 0 Å². The fraction of sp³-hybridized carbons (Fsp3) is 0.467. The molecule has 1 aromatic carbocycles. The van der Waals surface area contributed by atoms with Gasteiger partial charge in [-0.2, -0.15) is 0 Å². The third kappa shape index (κ3) is 2.28. The molecule has 3 atom stereocenters. The molecule has 1 nitrogen and oxygen atoms in total. The van der Waals surface area contributed by atoms with Gasteiger partial charge in [-0.1, -0.05) is 18.2 Å². The van der Waals surface area contributed by atoms with Crippen molar-refractivity contribution in [3.05, 3.63) is 40.4 Å². The lowest BCUT2D eigenvalue weighted by molar-refractivity contribution is 0.472. The second-order valence-electron chi connectivity index (χ2n) is 5.40. The van der Waals surface area contributed by atoms with Crippen molar-refractivity contribution in [1.29, 1.82) is 0 Å². The smallest absolute Gasteiger partial charge is 0.0487 e. The largest absolute Gasteiger partial charge is 0.384 e. The number of nitrogens with one attached hydrogen (secondary N) is 1. The summed E-state index contributed by atoms with van der Waals surface area (Å²) < 4.78 is 1.17. The zero-order valence-corrected chi connectivity index (χ0v) is 11.7. The standard InChI is InChI=1S/C15H18BrN/c1-10-2-5-14(16)15(6-10)17-9-13-8-11-3-4-12(13)7-11/h2-6,11-13,17H,7-9H2,1H3. The van der Waals surface area contributed by atoms with E-state index in [0.29, 0.717) is 0 Å². The molecule has 0 aliphatic heterocycles. The second-order valence-corrected chi connectivity index (χ2v) is 6.26. The van der Waals surface area contributed by atoms with Crippen LogP contribution in [0.5, 0.6) is 0 Å². The first-order valence-corrected chi connectivity index (χ1v) is 7.20. The minimum Gasteiger partial charge on any atom is -0.384 e. The minimum absolute atomic E-state index is 0.830. The van der Waals surface area contributed by atoms with Gasteiger partial charge in [0, 0.05) is 16.7 Å². The highest BCUT2D eigenvalue weighted by atomic mass is 79.9. The third-order valence-corrected chi connectivity index (χ3v) is 4.78. The number of aryl methyl sites for hydroxylation is 1. The zero-order chi connectivity index (χ0) is 11.8. The topological polar surface area (TPSA) is 12.0 Å². The number of rotatable bonds is 3. The number of anilines is 1. The van der Waals surface area contributed by atoms with Crippen LogP contribution in [0.1, 0.15) is 18.4 Å². The Bertz CT molecular complexity index is 452. The molecule has 1 aromatic rings. The molecular formula is C15H18BrN. The van der Waals surface area contributed by atoms with Crippen molar-refractivity contribution in [2.45, 2.75) is 19.8 Å². The lowest BCUT2D eigenvalue weighted by Gasteiger charge is -2.20. The van der Waals surface area contributed by atoms with Gasteiger partial charge in [-0.3, -0.25) is 0 Å². The highest BCUT2D eigenvalue weighted by Crippen LogP contribution is 2.43. The molecule has 0 saturated heterocycles. The summed E-state index contributed by atoms with van der Waals surface area (Å²) in [6.07, 6.45) is 7.59. The van der Waals surface area contributed by atoms with E-state index < -0.39 is 0 Å². The lowest BCUT2D eigenvalue weighted by Crippen LogP contribution is -2.18. The van der Waals surface area contributed by atoms with E-state index >= 15 is 0 Å². The Balaban J connectivity index is 1.64. The molecule has 3 unspecified atom stereocenters. The molecule has 17 heavy (non-hydrogen) atoms. The van der Waals surface area contributed by atoms with Gasteiger partial charge in [-0.15, -0.1) is 0 Å². The van der Waals surface area contributed by atoms with Crippen LogP contribution in [-0.4, -0.2) is 6.54 Å². The Morgan fingerprint density at radius 2 is 2.18 bits per heavy atom. The molecule has 0 radical (unpaired) electrons. The summed E-state index contributed by atoms with van der Waals surface area (Å²) in [5, 5.41) is 3.60. The highest BCUT2D eigenvalue weighted by molar-refractivity contribution is 9.10. The highest BCUT2D eigenvalue weighted by Gasteiger charge is 2.35. The zero-order valence-electron chi connectivity index (χ0n) is 10.1. The van der Waals surface area contributed by atoms with E-state index in [4.69, 9.17) is 0 Å². The van der Waals surface area contributed by atoms with Crippen LogP contribution in [0.4, 0.5) is 5.69 Å². The maximum Gasteiger partial charge on any atom is 0.0487 e. The van der Waals surface area contributed by atoms with E-state index in [1.807, 2.05) is 0 Å². The first-order valence-electron chi connectivity index (χ1n) is 6.41. The molecule has 1 fully saturated rings. The number of hydrogen-bond acceptors (Lipinski definition) is 1. The van der Waals surface area contributed by atoms with Crippen molar-refractivity contribution in [2.75, 3.05) is 11.9 Å². The molecule has 0 aromatic heterocycles. The average molecular weight is 292 g/mol. The summed E-state index contributed by atoms with van der Waals surface area (Å²) in [6.45, 7) is 3.24. The van der Waals surface area contributed by atoms with Gasteiger partial charge < -0.3 is 5.32 Å². The average Bonchev–Trinajstić information content (AvgIpc) is 2.92. The van der Waals surface area contributed by atoms with Crippen molar-refractivity contribution in [3.8, 4) is 0 Å². The molecule has 3 rings (SSSR count). The summed E-state index contributed by atoms with van der Waals surface area (Å²) >= 11 is 3.60. The van der Waals surface area contributed by atoms with Gasteiger partial charge in [-0.05, 0) is 71.1 Å². The molecule has 90 valence electrons. The van der Waals surface area contributed by atoms with Crippen molar-refractivity contribution in [2.24, 2.45) is 17.8 Å². The molecule has 2 bridgehead atoms. The second kappa shape index (κ2) is 4.49. The lowest BCUT2D eigenvalue weighted by atomic mass is 9.93. The molecular weight excluding hydrogens is 274 g/mol. The fourth-order valence-corrected chi connectivity index (χ4v) is 3.53. The van der Waals surface area contributed by atoms with Crippen molar-refractivity contribution < 1.29 is 0 Å². The first-order chi connectivity index (χ1) is 8.22. The van der Waals surface area contributed by atoms with Gasteiger partial charge in [-0.25, -0.2) is 0 Å². The van der Waals surface area contributed by atoms with Crippen LogP contribution in [0.2, 0.25) is 0 Å². The van der Waals surface area contributed by atoms with Crippen molar-refractivity contribution >= 4 is 21.6 Å². The quantitative estimate of drug-likeness (QED) is 0.815. The SMILES string of the molecule is Cc1ccc(Br)c(NCC2CC3C=CC2C3)c1. The van der Waals surface area contributed by atoms with Gasteiger partial charge in [0.25, 0.3) is 0 Å². The minimum atomic E-state index is 0.830. The molecule has 1 saturated carbocycles. The Kier molecular flexibility index (Phi) is 2.99. The van der Waals surface area contributed by atoms with Crippen LogP contribution >= 0.6 is 15.9 Å². The molecule has 0 amide bonds. The molecule has 2 aliphatic rings. The summed E-state index contributed by atoms with van der Waals surface area (Å²) in [4.78, 5) is 0. The van der Waals surface area contributed by atoms with Crippen LogP contribution in [0, 0.1) is 24.7 Å². The van der Waals surface area contributed by atoms with E-state index in [1.54, 1.807) is 0 Å². The number of benzene rings is 1. The summed E-state index contributed by atoms with van der Waals surface area (Å²) in [5.41, 5.74) is 2.54. The predicted molar refractivity (Wildman–Crippen MR) is 76.2 cm³/mol. The van der Waals surface area contributed by atoms with Crippen LogP contribution in [-0.2, 0) is 0 Å². The molecule has 2 heteroatoms. The fourth-order valence-electron chi connectivity index (χ4n) is 3.14. The van der Waals surface area contributed by atoms with Gasteiger partial charge in [0.15, 0.2) is 0 Å². The van der Waals surface area contributed by atoms with E-state index in [1.165, 1.54) is 28.6 Å². The molecule has 0 heterocycles. The van der Waals surface area contributed by atoms with Gasteiger partial charge in [0.05, 0.1) is 0 Å². The number of halogens is 1. The van der Waals surface area contributed by atoms with Crippen LogP contribution in [0.15, 0.2) is 34.8 Å². The molecule has 2 aliphatic carbocycles. The summed E-state index contributed by atoms with van der Waals surface area (Å²) in [6, 6.07) is 6.47. The van der Waals surface area contributed by atoms with Crippen LogP contribution < -0.4 is 5.32 Å². The number of allylic oxidation sites excluding steroid dienone is 2. The molecule has 0 spiro atoms. The van der Waals surface area contributed by atoms with Gasteiger partial charge >= 0.3 is 0 Å². The third-order valence-electron chi connectivity index (χ3n) is 4.09. The van der Waals surface area contributed by atoms with E-state index in [2.05, 4.69) is 58.5 Å². The maximum absolute atomic E-state index is 3.60. The van der Waals surface area contributed by atoms with Gasteiger partial charge in [0.2, 0.25) is 0 Å².